The molecule has 0 saturated heterocycles. The monoisotopic (exact) mass is 263 g/mol. The molecule has 0 unspecified atom stereocenters. The number of hydrogen-bond donors (Lipinski definition) is 3. The Morgan fingerprint density at radius 2 is 1.84 bits per heavy atom. The van der Waals surface area contributed by atoms with Gasteiger partial charge in [-0.3, -0.25) is 10.1 Å². The molecule has 1 aromatic heterocycles. The molecule has 2 fully saturated rings. The van der Waals surface area contributed by atoms with Gasteiger partial charge in [0.05, 0.1) is 17.1 Å². The van der Waals surface area contributed by atoms with E-state index in [4.69, 9.17) is 5.84 Å². The molecular formula is C12H17N5O2. The third-order valence-corrected chi connectivity index (χ3v) is 3.74. The van der Waals surface area contributed by atoms with Crippen LogP contribution in [-0.2, 0) is 0 Å². The molecule has 1 heterocycles. The maximum Gasteiger partial charge on any atom is 0.276 e. The summed E-state index contributed by atoms with van der Waals surface area (Å²) in [6.45, 7) is 0. The second-order valence-electron chi connectivity index (χ2n) is 5.34. The van der Waals surface area contributed by atoms with E-state index in [1.807, 2.05) is 0 Å². The van der Waals surface area contributed by atoms with Gasteiger partial charge in [0.1, 0.15) is 11.6 Å². The highest BCUT2D eigenvalue weighted by Gasteiger charge is 2.41. The third-order valence-electron chi connectivity index (χ3n) is 3.74. The van der Waals surface area contributed by atoms with Gasteiger partial charge in [-0.05, 0) is 37.5 Å². The lowest BCUT2D eigenvalue weighted by Crippen LogP contribution is -2.25. The Kier molecular flexibility index (Phi) is 2.98. The number of nitrogen functional groups attached to an aromatic ring is 1. The van der Waals surface area contributed by atoms with E-state index in [-0.39, 0.29) is 5.69 Å². The zero-order valence-electron chi connectivity index (χ0n) is 10.5. The van der Waals surface area contributed by atoms with Crippen LogP contribution in [-0.4, -0.2) is 15.9 Å². The molecule has 4 N–H and O–H groups in total. The number of hydrazine groups is 1. The lowest BCUT2D eigenvalue weighted by atomic mass is 10.1. The molecule has 3 rings (SSSR count). The molecule has 0 amide bonds. The summed E-state index contributed by atoms with van der Waals surface area (Å²) < 4.78 is 0. The summed E-state index contributed by atoms with van der Waals surface area (Å²) in [5.41, 5.74) is 2.37. The number of nitrogens with two attached hydrogens (primary N) is 1. The first kappa shape index (κ1) is 12.2. The van der Waals surface area contributed by atoms with Crippen LogP contribution in [0.1, 0.15) is 25.7 Å². The van der Waals surface area contributed by atoms with E-state index in [0.29, 0.717) is 29.5 Å². The number of hydrogen-bond acceptors (Lipinski definition) is 6. The quantitative estimate of drug-likeness (QED) is 0.411. The topological polar surface area (TPSA) is 106 Å². The first-order valence-corrected chi connectivity index (χ1v) is 6.57. The van der Waals surface area contributed by atoms with Gasteiger partial charge in [-0.15, -0.1) is 0 Å². The van der Waals surface area contributed by atoms with E-state index in [1.54, 1.807) is 0 Å². The summed E-state index contributed by atoms with van der Waals surface area (Å²) in [6.07, 6.45) is 4.96. The fourth-order valence-electron chi connectivity index (χ4n) is 2.47. The van der Waals surface area contributed by atoms with E-state index < -0.39 is 4.92 Å². The number of nitrogens with zero attached hydrogens (tertiary/aromatic N) is 2. The van der Waals surface area contributed by atoms with Gasteiger partial charge >= 0.3 is 0 Å². The van der Waals surface area contributed by atoms with Gasteiger partial charge in [-0.1, -0.05) is 0 Å². The zero-order valence-corrected chi connectivity index (χ0v) is 10.5. The highest BCUT2D eigenvalue weighted by Crippen LogP contribution is 2.45. The van der Waals surface area contributed by atoms with Gasteiger partial charge in [-0.25, -0.2) is 10.8 Å². The number of pyridine rings is 1. The SMILES string of the molecule is NNc1cc([N+](=O)[O-])cc(NC(C2CC2)C2CC2)n1. The number of aromatic nitrogens is 1. The molecule has 0 radical (unpaired) electrons. The predicted molar refractivity (Wildman–Crippen MR) is 71.6 cm³/mol. The molecule has 7 nitrogen and oxygen atoms in total. The van der Waals surface area contributed by atoms with Crippen molar-refractivity contribution >= 4 is 17.3 Å². The van der Waals surface area contributed by atoms with Crippen molar-refractivity contribution in [3.8, 4) is 0 Å². The summed E-state index contributed by atoms with van der Waals surface area (Å²) in [6, 6.07) is 3.20. The molecule has 0 bridgehead atoms. The fraction of sp³-hybridized carbons (Fsp3) is 0.583. The second kappa shape index (κ2) is 4.65. The smallest absolute Gasteiger partial charge is 0.276 e. The first-order valence-electron chi connectivity index (χ1n) is 6.57. The van der Waals surface area contributed by atoms with Gasteiger partial charge < -0.3 is 10.7 Å². The Morgan fingerprint density at radius 3 is 2.32 bits per heavy atom. The average molecular weight is 263 g/mol. The lowest BCUT2D eigenvalue weighted by Gasteiger charge is -2.18. The predicted octanol–water partition coefficient (Wildman–Crippen LogP) is 1.88. The number of anilines is 2. The highest BCUT2D eigenvalue weighted by molar-refractivity contribution is 5.54. The molecule has 102 valence electrons. The summed E-state index contributed by atoms with van der Waals surface area (Å²) >= 11 is 0. The molecule has 2 saturated carbocycles. The van der Waals surface area contributed by atoms with E-state index in [0.717, 1.165) is 0 Å². The van der Waals surface area contributed by atoms with Gasteiger partial charge in [-0.2, -0.15) is 0 Å². The molecule has 0 spiro atoms. The summed E-state index contributed by atoms with van der Waals surface area (Å²) in [7, 11) is 0. The van der Waals surface area contributed by atoms with E-state index in [9.17, 15) is 10.1 Å². The van der Waals surface area contributed by atoms with Gasteiger partial charge in [0.15, 0.2) is 0 Å². The minimum Gasteiger partial charge on any atom is -0.367 e. The van der Waals surface area contributed by atoms with E-state index >= 15 is 0 Å². The number of nitro groups is 1. The van der Waals surface area contributed by atoms with Crippen molar-refractivity contribution < 1.29 is 4.92 Å². The van der Waals surface area contributed by atoms with Gasteiger partial charge in [0.2, 0.25) is 0 Å². The first-order chi connectivity index (χ1) is 9.17. The average Bonchev–Trinajstić information content (AvgIpc) is 3.28. The Balaban J connectivity index is 1.82. The fourth-order valence-corrected chi connectivity index (χ4v) is 2.47. The van der Waals surface area contributed by atoms with Crippen LogP contribution in [0.2, 0.25) is 0 Å². The van der Waals surface area contributed by atoms with Crippen molar-refractivity contribution in [1.29, 1.82) is 0 Å². The Bertz CT molecular complexity index is 487. The molecular weight excluding hydrogens is 246 g/mol. The Hall–Kier alpha value is -1.89. The van der Waals surface area contributed by atoms with Crippen molar-refractivity contribution in [1.82, 2.24) is 4.98 Å². The largest absolute Gasteiger partial charge is 0.367 e. The summed E-state index contributed by atoms with van der Waals surface area (Å²) in [5, 5.41) is 14.2. The van der Waals surface area contributed by atoms with Crippen LogP contribution < -0.4 is 16.6 Å². The second-order valence-corrected chi connectivity index (χ2v) is 5.34. The van der Waals surface area contributed by atoms with Crippen LogP contribution in [0.4, 0.5) is 17.3 Å². The molecule has 7 heteroatoms. The van der Waals surface area contributed by atoms with Crippen molar-refractivity contribution in [2.24, 2.45) is 17.7 Å². The molecule has 2 aliphatic carbocycles. The maximum absolute atomic E-state index is 10.9. The van der Waals surface area contributed by atoms with Crippen LogP contribution in [0.5, 0.6) is 0 Å². The van der Waals surface area contributed by atoms with Crippen molar-refractivity contribution in [3.63, 3.8) is 0 Å². The van der Waals surface area contributed by atoms with Crippen LogP contribution in [0.25, 0.3) is 0 Å². The van der Waals surface area contributed by atoms with Crippen LogP contribution in [0.15, 0.2) is 12.1 Å². The Labute approximate surface area is 110 Å². The molecule has 19 heavy (non-hydrogen) atoms. The normalized spacial score (nSPS) is 18.4. The molecule has 0 atom stereocenters. The molecule has 0 aromatic carbocycles. The van der Waals surface area contributed by atoms with Crippen LogP contribution in [0, 0.1) is 22.0 Å². The zero-order chi connectivity index (χ0) is 13.4. The number of rotatable bonds is 6. The van der Waals surface area contributed by atoms with Crippen molar-refractivity contribution in [2.75, 3.05) is 10.7 Å². The van der Waals surface area contributed by atoms with Gasteiger partial charge in [0.25, 0.3) is 5.69 Å². The van der Waals surface area contributed by atoms with Crippen molar-refractivity contribution in [3.05, 3.63) is 22.2 Å². The van der Waals surface area contributed by atoms with Crippen LogP contribution in [0.3, 0.4) is 0 Å². The molecule has 1 aromatic rings. The highest BCUT2D eigenvalue weighted by atomic mass is 16.6. The maximum atomic E-state index is 10.9. The summed E-state index contributed by atoms with van der Waals surface area (Å²) in [5.74, 6) is 7.53. The minimum absolute atomic E-state index is 0.00389. The standard InChI is InChI=1S/C12H17N5O2/c13-16-11-6-9(17(18)19)5-10(14-11)15-12(7-1-2-7)8-3-4-8/h5-8,12H,1-4,13H2,(H2,14,15,16). The Morgan fingerprint density at radius 1 is 1.26 bits per heavy atom. The van der Waals surface area contributed by atoms with Gasteiger partial charge in [0, 0.05) is 6.04 Å². The number of nitrogens with one attached hydrogen (secondary N) is 2. The third kappa shape index (κ3) is 2.76. The molecule has 2 aliphatic rings. The molecule has 0 aliphatic heterocycles. The minimum atomic E-state index is -0.434. The van der Waals surface area contributed by atoms with Crippen molar-refractivity contribution in [2.45, 2.75) is 31.7 Å². The van der Waals surface area contributed by atoms with E-state index in [1.165, 1.54) is 37.8 Å². The van der Waals surface area contributed by atoms with Crippen LogP contribution >= 0.6 is 0 Å². The summed E-state index contributed by atoms with van der Waals surface area (Å²) in [4.78, 5) is 14.7. The van der Waals surface area contributed by atoms with E-state index in [2.05, 4.69) is 15.7 Å². The lowest BCUT2D eigenvalue weighted by molar-refractivity contribution is -0.384.